The maximum Gasteiger partial charge on any atom is 0.310 e. The Hall–Kier alpha value is -2.10. The van der Waals surface area contributed by atoms with Gasteiger partial charge < -0.3 is 4.18 Å². The van der Waals surface area contributed by atoms with Gasteiger partial charge >= 0.3 is 10.1 Å². The smallest absolute Gasteiger partial charge is 0.310 e. The second-order valence-corrected chi connectivity index (χ2v) is 8.05. The molecule has 7 nitrogen and oxygen atoms in total. The standard InChI is InChI=1S/C15H13ClN4O3S2/c16-12-6-8-13(9-7-12)20-15(17-18-19-20)24-10-11-25(21,22)23-14-4-2-1-3-5-14/h1-9H,10-11H2. The lowest BCUT2D eigenvalue weighted by molar-refractivity contribution is 0.488. The van der Waals surface area contributed by atoms with Gasteiger partial charge in [-0.3, -0.25) is 0 Å². The number of aromatic nitrogens is 4. The van der Waals surface area contributed by atoms with E-state index in [1.165, 1.54) is 16.4 Å². The van der Waals surface area contributed by atoms with Gasteiger partial charge in [0.05, 0.1) is 11.4 Å². The van der Waals surface area contributed by atoms with Crippen LogP contribution in [0, 0.1) is 0 Å². The van der Waals surface area contributed by atoms with Gasteiger partial charge in [0.2, 0.25) is 5.16 Å². The van der Waals surface area contributed by atoms with Gasteiger partial charge in [-0.2, -0.15) is 13.1 Å². The fraction of sp³-hybridized carbons (Fsp3) is 0.133. The summed E-state index contributed by atoms with van der Waals surface area (Å²) in [5.41, 5.74) is 0.736. The van der Waals surface area contributed by atoms with E-state index in [1.54, 1.807) is 54.6 Å². The molecule has 0 unspecified atom stereocenters. The number of hydrogen-bond donors (Lipinski definition) is 0. The molecule has 0 N–H and O–H groups in total. The molecule has 130 valence electrons. The van der Waals surface area contributed by atoms with Crippen molar-refractivity contribution >= 4 is 33.5 Å². The molecule has 0 saturated heterocycles. The molecule has 1 aromatic heterocycles. The fourth-order valence-corrected chi connectivity index (χ4v) is 4.22. The Morgan fingerprint density at radius 3 is 2.52 bits per heavy atom. The van der Waals surface area contributed by atoms with Crippen LogP contribution in [0.5, 0.6) is 5.75 Å². The molecule has 0 fully saturated rings. The van der Waals surface area contributed by atoms with Crippen LogP contribution < -0.4 is 4.18 Å². The van der Waals surface area contributed by atoms with Gasteiger partial charge in [-0.05, 0) is 46.8 Å². The van der Waals surface area contributed by atoms with Crippen LogP contribution in [-0.4, -0.2) is 40.1 Å². The van der Waals surface area contributed by atoms with Crippen LogP contribution in [0.25, 0.3) is 5.69 Å². The van der Waals surface area contributed by atoms with Crippen molar-refractivity contribution < 1.29 is 12.6 Å². The predicted octanol–water partition coefficient (Wildman–Crippen LogP) is 2.82. The van der Waals surface area contributed by atoms with Gasteiger partial charge in [0, 0.05) is 10.8 Å². The van der Waals surface area contributed by atoms with Gasteiger partial charge in [-0.15, -0.1) is 5.10 Å². The van der Waals surface area contributed by atoms with E-state index >= 15 is 0 Å². The average Bonchev–Trinajstić information content (AvgIpc) is 3.04. The number of tetrazole rings is 1. The summed E-state index contributed by atoms with van der Waals surface area (Å²) in [6.07, 6.45) is 0. The van der Waals surface area contributed by atoms with Crippen molar-refractivity contribution in [3.63, 3.8) is 0 Å². The Morgan fingerprint density at radius 1 is 1.08 bits per heavy atom. The first-order chi connectivity index (χ1) is 12.0. The van der Waals surface area contributed by atoms with Crippen molar-refractivity contribution in [1.82, 2.24) is 20.2 Å². The highest BCUT2D eigenvalue weighted by atomic mass is 35.5. The van der Waals surface area contributed by atoms with Crippen LogP contribution in [0.15, 0.2) is 59.8 Å². The number of thioether (sulfide) groups is 1. The van der Waals surface area contributed by atoms with Crippen LogP contribution in [0.3, 0.4) is 0 Å². The van der Waals surface area contributed by atoms with E-state index in [4.69, 9.17) is 15.8 Å². The summed E-state index contributed by atoms with van der Waals surface area (Å²) in [7, 11) is -3.69. The van der Waals surface area contributed by atoms with Crippen LogP contribution in [-0.2, 0) is 10.1 Å². The molecular weight excluding hydrogens is 384 g/mol. The fourth-order valence-electron chi connectivity index (χ4n) is 1.91. The summed E-state index contributed by atoms with van der Waals surface area (Å²) in [6.45, 7) is 0. The summed E-state index contributed by atoms with van der Waals surface area (Å²) in [5, 5.41) is 12.5. The lowest BCUT2D eigenvalue weighted by atomic mass is 10.3. The van der Waals surface area contributed by atoms with Crippen molar-refractivity contribution in [3.05, 3.63) is 59.6 Å². The SMILES string of the molecule is O=S(=O)(CCSc1nnnn1-c1ccc(Cl)cc1)Oc1ccccc1. The first-order valence-corrected chi connectivity index (χ1v) is 10.1. The molecule has 0 aliphatic heterocycles. The maximum atomic E-state index is 12.0. The Morgan fingerprint density at radius 2 is 1.80 bits per heavy atom. The van der Waals surface area contributed by atoms with E-state index < -0.39 is 10.1 Å². The van der Waals surface area contributed by atoms with Crippen LogP contribution in [0.1, 0.15) is 0 Å². The Bertz CT molecular complexity index is 931. The zero-order valence-corrected chi connectivity index (χ0v) is 15.2. The lowest BCUT2D eigenvalue weighted by Gasteiger charge is -2.07. The molecular formula is C15H13ClN4O3S2. The molecule has 1 heterocycles. The quantitative estimate of drug-likeness (QED) is 0.448. The topological polar surface area (TPSA) is 87.0 Å². The highest BCUT2D eigenvalue weighted by Crippen LogP contribution is 2.20. The number of benzene rings is 2. The van der Waals surface area contributed by atoms with Crippen molar-refractivity contribution in [3.8, 4) is 11.4 Å². The molecule has 3 rings (SSSR count). The number of rotatable bonds is 7. The number of hydrogen-bond acceptors (Lipinski definition) is 7. The number of halogens is 1. The molecule has 0 aliphatic carbocycles. The molecule has 10 heteroatoms. The normalized spacial score (nSPS) is 11.4. The maximum absolute atomic E-state index is 12.0. The van der Waals surface area contributed by atoms with Crippen molar-refractivity contribution in [2.45, 2.75) is 5.16 Å². The third kappa shape index (κ3) is 4.94. The molecule has 3 aromatic rings. The zero-order valence-electron chi connectivity index (χ0n) is 12.8. The van der Waals surface area contributed by atoms with Gasteiger partial charge in [0.15, 0.2) is 0 Å². The monoisotopic (exact) mass is 396 g/mol. The predicted molar refractivity (Wildman–Crippen MR) is 95.7 cm³/mol. The molecule has 0 amide bonds. The Balaban J connectivity index is 1.61. The molecule has 2 aromatic carbocycles. The summed E-state index contributed by atoms with van der Waals surface area (Å²) in [4.78, 5) is 0. The summed E-state index contributed by atoms with van der Waals surface area (Å²) >= 11 is 7.09. The average molecular weight is 397 g/mol. The van der Waals surface area contributed by atoms with E-state index in [9.17, 15) is 8.42 Å². The first-order valence-electron chi connectivity index (χ1n) is 7.18. The highest BCUT2D eigenvalue weighted by Gasteiger charge is 2.15. The van der Waals surface area contributed by atoms with E-state index in [2.05, 4.69) is 15.5 Å². The number of nitrogens with zero attached hydrogens (tertiary/aromatic N) is 4. The zero-order chi connectivity index (χ0) is 17.7. The van der Waals surface area contributed by atoms with Gasteiger partial charge in [-0.1, -0.05) is 41.6 Å². The molecule has 0 radical (unpaired) electrons. The van der Waals surface area contributed by atoms with E-state index in [0.29, 0.717) is 15.9 Å². The molecule has 25 heavy (non-hydrogen) atoms. The Labute approximate surface area is 154 Å². The van der Waals surface area contributed by atoms with Crippen LogP contribution in [0.4, 0.5) is 0 Å². The minimum atomic E-state index is -3.69. The summed E-state index contributed by atoms with van der Waals surface area (Å²) in [6, 6.07) is 15.4. The third-order valence-corrected chi connectivity index (χ3v) is 5.62. The number of para-hydroxylation sites is 1. The minimum absolute atomic E-state index is 0.167. The first kappa shape index (κ1) is 17.7. The second kappa shape index (κ2) is 7.85. The Kier molecular flexibility index (Phi) is 5.57. The lowest BCUT2D eigenvalue weighted by Crippen LogP contribution is -2.15. The molecule has 0 saturated carbocycles. The van der Waals surface area contributed by atoms with Crippen LogP contribution >= 0.6 is 23.4 Å². The molecule has 0 aliphatic rings. The van der Waals surface area contributed by atoms with E-state index in [-0.39, 0.29) is 11.5 Å². The highest BCUT2D eigenvalue weighted by molar-refractivity contribution is 8.00. The molecule has 0 atom stereocenters. The van der Waals surface area contributed by atoms with E-state index in [1.807, 2.05) is 0 Å². The van der Waals surface area contributed by atoms with Gasteiger partial charge in [-0.25, -0.2) is 0 Å². The second-order valence-electron chi connectivity index (χ2n) is 4.86. The van der Waals surface area contributed by atoms with Gasteiger partial charge in [0.1, 0.15) is 5.75 Å². The molecule has 0 spiro atoms. The third-order valence-electron chi connectivity index (χ3n) is 3.04. The summed E-state index contributed by atoms with van der Waals surface area (Å²) in [5.74, 6) is 0.377. The van der Waals surface area contributed by atoms with Crippen molar-refractivity contribution in [2.75, 3.05) is 11.5 Å². The van der Waals surface area contributed by atoms with Gasteiger partial charge in [0.25, 0.3) is 0 Å². The van der Waals surface area contributed by atoms with Crippen molar-refractivity contribution in [2.24, 2.45) is 0 Å². The summed E-state index contributed by atoms with van der Waals surface area (Å²) < 4.78 is 30.6. The van der Waals surface area contributed by atoms with E-state index in [0.717, 1.165) is 5.69 Å². The minimum Gasteiger partial charge on any atom is -0.382 e. The molecule has 0 bridgehead atoms. The largest absolute Gasteiger partial charge is 0.382 e. The van der Waals surface area contributed by atoms with Crippen molar-refractivity contribution in [1.29, 1.82) is 0 Å². The van der Waals surface area contributed by atoms with Crippen LogP contribution in [0.2, 0.25) is 5.02 Å².